The fourth-order valence-electron chi connectivity index (χ4n) is 2.84. The Morgan fingerprint density at radius 1 is 1.17 bits per heavy atom. The first-order valence-electron chi connectivity index (χ1n) is 8.98. The standard InChI is InChI=1S/C20H21N4O4.Na/c1-3-4-17-15(7-10-18(20(17)26)28-13(2)25)12-27-16-8-5-14(6-9-16)11-19-21-23-24-22-19;/h5-10H,3-4,11-12H2,1-2H3,(H-,21,22,23,24,26);/q-1;+1. The molecule has 9 heteroatoms. The second kappa shape index (κ2) is 10.9. The number of aromatic hydroxyl groups is 1. The first kappa shape index (κ1) is 22.9. The fourth-order valence-corrected chi connectivity index (χ4v) is 2.84. The van der Waals surface area contributed by atoms with Gasteiger partial charge in [0.15, 0.2) is 11.5 Å². The fraction of sp³-hybridized carbons (Fsp3) is 0.300. The van der Waals surface area contributed by atoms with Crippen molar-refractivity contribution in [1.82, 2.24) is 20.6 Å². The number of phenols is 1. The predicted molar refractivity (Wildman–Crippen MR) is 100 cm³/mol. The van der Waals surface area contributed by atoms with Gasteiger partial charge in [-0.3, -0.25) is 15.1 Å². The number of phenolic OH excluding ortho intramolecular Hbond substituents is 1. The number of ether oxygens (including phenoxy) is 2. The molecule has 29 heavy (non-hydrogen) atoms. The van der Waals surface area contributed by atoms with Crippen molar-refractivity contribution < 1.29 is 48.9 Å². The number of carbonyl (C=O) groups excluding carboxylic acids is 1. The Morgan fingerprint density at radius 3 is 2.55 bits per heavy atom. The Morgan fingerprint density at radius 2 is 1.93 bits per heavy atom. The van der Waals surface area contributed by atoms with E-state index in [1.165, 1.54) is 6.92 Å². The van der Waals surface area contributed by atoms with Crippen LogP contribution in [-0.4, -0.2) is 26.6 Å². The van der Waals surface area contributed by atoms with Crippen molar-refractivity contribution in [1.29, 1.82) is 0 Å². The van der Waals surface area contributed by atoms with E-state index in [0.29, 0.717) is 31.0 Å². The number of hydrogen-bond donors (Lipinski definition) is 1. The monoisotopic (exact) mass is 404 g/mol. The van der Waals surface area contributed by atoms with E-state index < -0.39 is 5.97 Å². The summed E-state index contributed by atoms with van der Waals surface area (Å²) in [6.07, 6.45) is 2.05. The van der Waals surface area contributed by atoms with Gasteiger partial charge in [0.2, 0.25) is 0 Å². The van der Waals surface area contributed by atoms with Crippen molar-refractivity contribution in [2.45, 2.75) is 39.7 Å². The third kappa shape index (κ3) is 6.28. The molecule has 146 valence electrons. The maximum atomic E-state index is 11.2. The second-order valence-corrected chi connectivity index (χ2v) is 6.30. The molecule has 1 N–H and O–H groups in total. The van der Waals surface area contributed by atoms with Gasteiger partial charge in [-0.25, -0.2) is 0 Å². The van der Waals surface area contributed by atoms with Crippen molar-refractivity contribution >= 4 is 5.97 Å². The van der Waals surface area contributed by atoms with Crippen LogP contribution >= 0.6 is 0 Å². The zero-order valence-corrected chi connectivity index (χ0v) is 18.8. The average molecular weight is 404 g/mol. The Hall–Kier alpha value is -2.42. The van der Waals surface area contributed by atoms with Crippen LogP contribution in [0.4, 0.5) is 0 Å². The quantitative estimate of drug-likeness (QED) is 0.307. The molecule has 0 radical (unpaired) electrons. The molecule has 0 saturated carbocycles. The molecule has 0 fully saturated rings. The molecule has 1 aromatic heterocycles. The maximum Gasteiger partial charge on any atom is 1.00 e. The van der Waals surface area contributed by atoms with Gasteiger partial charge in [-0.05, 0) is 35.7 Å². The molecule has 1 heterocycles. The van der Waals surface area contributed by atoms with Crippen LogP contribution in [0.2, 0.25) is 0 Å². The Bertz CT molecular complexity index is 930. The van der Waals surface area contributed by atoms with Crippen LogP contribution in [0, 0.1) is 0 Å². The normalized spacial score (nSPS) is 10.3. The van der Waals surface area contributed by atoms with Crippen molar-refractivity contribution in [3.63, 3.8) is 0 Å². The van der Waals surface area contributed by atoms with Crippen molar-refractivity contribution in [3.8, 4) is 17.2 Å². The van der Waals surface area contributed by atoms with Crippen LogP contribution < -0.4 is 44.1 Å². The molecule has 0 amide bonds. The summed E-state index contributed by atoms with van der Waals surface area (Å²) in [5, 5.41) is 25.0. The Kier molecular flexibility index (Phi) is 8.63. The van der Waals surface area contributed by atoms with Crippen LogP contribution in [0.5, 0.6) is 17.2 Å². The van der Waals surface area contributed by atoms with Crippen LogP contribution in [0.1, 0.15) is 42.8 Å². The Labute approximate surface area is 190 Å². The summed E-state index contributed by atoms with van der Waals surface area (Å²) in [6.45, 7) is 3.61. The number of benzene rings is 2. The van der Waals surface area contributed by atoms with Gasteiger partial charge in [0.25, 0.3) is 0 Å². The molecular formula is C20H21N4NaO4. The van der Waals surface area contributed by atoms with E-state index >= 15 is 0 Å². The van der Waals surface area contributed by atoms with Gasteiger partial charge in [0.05, 0.1) is 0 Å². The summed E-state index contributed by atoms with van der Waals surface area (Å²) in [5.41, 5.74) is 2.60. The summed E-state index contributed by atoms with van der Waals surface area (Å²) in [4.78, 5) is 11.2. The van der Waals surface area contributed by atoms with Crippen LogP contribution in [0.3, 0.4) is 0 Å². The van der Waals surface area contributed by atoms with Crippen molar-refractivity contribution in [2.75, 3.05) is 0 Å². The topological polar surface area (TPSA) is 109 Å². The van der Waals surface area contributed by atoms with Crippen molar-refractivity contribution in [3.05, 3.63) is 58.9 Å². The zero-order chi connectivity index (χ0) is 19.9. The smallest absolute Gasteiger partial charge is 0.504 e. The van der Waals surface area contributed by atoms with Gasteiger partial charge in [-0.1, -0.05) is 31.5 Å². The number of tetrazole rings is 1. The molecule has 0 atom stereocenters. The van der Waals surface area contributed by atoms with E-state index in [0.717, 1.165) is 23.1 Å². The number of nitrogens with zero attached hydrogens (tertiary/aromatic N) is 4. The number of hydrogen-bond acceptors (Lipinski definition) is 7. The summed E-state index contributed by atoms with van der Waals surface area (Å²) >= 11 is 0. The third-order valence-corrected chi connectivity index (χ3v) is 4.14. The second-order valence-electron chi connectivity index (χ2n) is 6.30. The summed E-state index contributed by atoms with van der Waals surface area (Å²) in [7, 11) is 0. The van der Waals surface area contributed by atoms with Gasteiger partial charge < -0.3 is 19.7 Å². The van der Waals surface area contributed by atoms with Gasteiger partial charge >= 0.3 is 35.5 Å². The first-order chi connectivity index (χ1) is 13.6. The molecule has 0 aliphatic heterocycles. The van der Waals surface area contributed by atoms with Crippen molar-refractivity contribution in [2.24, 2.45) is 0 Å². The number of esters is 1. The van der Waals surface area contributed by atoms with E-state index in [1.54, 1.807) is 6.07 Å². The minimum Gasteiger partial charge on any atom is -0.504 e. The van der Waals surface area contributed by atoms with Gasteiger partial charge in [-0.15, -0.1) is 0 Å². The molecule has 0 unspecified atom stereocenters. The average Bonchev–Trinajstić information content (AvgIpc) is 3.18. The predicted octanol–water partition coefficient (Wildman–Crippen LogP) is -0.414. The molecule has 0 aliphatic rings. The molecule has 0 bridgehead atoms. The number of carbonyl (C=O) groups is 1. The molecule has 2 aromatic carbocycles. The van der Waals surface area contributed by atoms with E-state index in [4.69, 9.17) is 9.47 Å². The molecule has 3 aromatic rings. The van der Waals surface area contributed by atoms with Gasteiger partial charge in [-0.2, -0.15) is 5.21 Å². The SMILES string of the molecule is CCCc1c(COc2ccc(Cc3nnn[n-]3)cc2)ccc(OC(C)=O)c1O.[Na+]. The summed E-state index contributed by atoms with van der Waals surface area (Å²) < 4.78 is 10.9. The first-order valence-corrected chi connectivity index (χ1v) is 8.98. The van der Waals surface area contributed by atoms with Crippen LogP contribution in [-0.2, 0) is 24.2 Å². The van der Waals surface area contributed by atoms with E-state index in [9.17, 15) is 9.90 Å². The maximum absolute atomic E-state index is 11.2. The number of aromatic nitrogens is 4. The summed E-state index contributed by atoms with van der Waals surface area (Å²) in [6, 6.07) is 11.0. The molecule has 0 aliphatic carbocycles. The van der Waals surface area contributed by atoms with E-state index in [2.05, 4.69) is 20.6 Å². The third-order valence-electron chi connectivity index (χ3n) is 4.14. The number of rotatable bonds is 8. The largest absolute Gasteiger partial charge is 1.00 e. The van der Waals surface area contributed by atoms with E-state index in [-0.39, 0.29) is 41.1 Å². The zero-order valence-electron chi connectivity index (χ0n) is 16.8. The Balaban J connectivity index is 0.00000300. The molecule has 0 saturated heterocycles. The van der Waals surface area contributed by atoms with Crippen LogP contribution in [0.15, 0.2) is 36.4 Å². The van der Waals surface area contributed by atoms with E-state index in [1.807, 2.05) is 37.3 Å². The molecule has 3 rings (SSSR count). The van der Waals surface area contributed by atoms with Crippen LogP contribution in [0.25, 0.3) is 0 Å². The summed E-state index contributed by atoms with van der Waals surface area (Å²) in [5.74, 6) is 0.962. The molecule has 0 spiro atoms. The molecular weight excluding hydrogens is 383 g/mol. The van der Waals surface area contributed by atoms with Gasteiger partial charge in [0, 0.05) is 24.7 Å². The minimum absolute atomic E-state index is 0. The molecule has 8 nitrogen and oxygen atoms in total. The minimum atomic E-state index is -0.472. The van der Waals surface area contributed by atoms with Gasteiger partial charge in [0.1, 0.15) is 12.4 Å².